The van der Waals surface area contributed by atoms with Crippen LogP contribution in [-0.2, 0) is 6.54 Å². The van der Waals surface area contributed by atoms with Crippen LogP contribution in [0.4, 0.5) is 0 Å². The Bertz CT molecular complexity index is 425. The first-order valence-corrected chi connectivity index (χ1v) is 7.57. The molecule has 1 heterocycles. The van der Waals surface area contributed by atoms with E-state index in [2.05, 4.69) is 43.1 Å². The molecule has 1 aromatic carbocycles. The van der Waals surface area contributed by atoms with Gasteiger partial charge in [-0.15, -0.1) is 0 Å². The fraction of sp³-hybridized carbons (Fsp3) is 0.647. The van der Waals surface area contributed by atoms with Gasteiger partial charge in [0.05, 0.1) is 7.11 Å². The van der Waals surface area contributed by atoms with Gasteiger partial charge < -0.3 is 10.1 Å². The smallest absolute Gasteiger partial charge is 0.123 e. The van der Waals surface area contributed by atoms with Crippen LogP contribution in [0.1, 0.15) is 32.8 Å². The molecular weight excluding hydrogens is 248 g/mol. The maximum Gasteiger partial charge on any atom is 0.123 e. The summed E-state index contributed by atoms with van der Waals surface area (Å²) in [5.41, 5.74) is 1.51. The number of hydrogen-bond donors (Lipinski definition) is 1. The Kier molecular flexibility index (Phi) is 5.06. The van der Waals surface area contributed by atoms with Crippen molar-refractivity contribution < 1.29 is 4.74 Å². The fourth-order valence-electron chi connectivity index (χ4n) is 2.75. The Balaban J connectivity index is 1.84. The van der Waals surface area contributed by atoms with E-state index >= 15 is 0 Å². The molecule has 20 heavy (non-hydrogen) atoms. The summed E-state index contributed by atoms with van der Waals surface area (Å²) in [5, 5.41) is 3.62. The third-order valence-electron chi connectivity index (χ3n) is 3.88. The van der Waals surface area contributed by atoms with E-state index in [4.69, 9.17) is 4.74 Å². The van der Waals surface area contributed by atoms with Gasteiger partial charge >= 0.3 is 0 Å². The van der Waals surface area contributed by atoms with Gasteiger partial charge in [-0.25, -0.2) is 0 Å². The van der Waals surface area contributed by atoms with E-state index in [-0.39, 0.29) is 5.54 Å². The van der Waals surface area contributed by atoms with Crippen molar-refractivity contribution in [1.82, 2.24) is 10.2 Å². The molecule has 1 unspecified atom stereocenters. The van der Waals surface area contributed by atoms with Crippen molar-refractivity contribution in [2.45, 2.75) is 39.3 Å². The summed E-state index contributed by atoms with van der Waals surface area (Å²) in [6, 6.07) is 8.33. The quantitative estimate of drug-likeness (QED) is 0.895. The molecule has 0 amide bonds. The highest BCUT2D eigenvalue weighted by atomic mass is 16.5. The lowest BCUT2D eigenvalue weighted by Gasteiger charge is -2.23. The van der Waals surface area contributed by atoms with Crippen LogP contribution >= 0.6 is 0 Å². The minimum atomic E-state index is 0.218. The molecule has 1 fully saturated rings. The van der Waals surface area contributed by atoms with Crippen LogP contribution in [0.3, 0.4) is 0 Å². The molecule has 3 nitrogen and oxygen atoms in total. The summed E-state index contributed by atoms with van der Waals surface area (Å²) >= 11 is 0. The number of methoxy groups -OCH3 is 1. The van der Waals surface area contributed by atoms with Gasteiger partial charge in [0.25, 0.3) is 0 Å². The van der Waals surface area contributed by atoms with Crippen molar-refractivity contribution in [2.24, 2.45) is 5.92 Å². The Morgan fingerprint density at radius 3 is 2.75 bits per heavy atom. The maximum absolute atomic E-state index is 5.44. The van der Waals surface area contributed by atoms with Crippen LogP contribution in [0.15, 0.2) is 24.3 Å². The first kappa shape index (κ1) is 15.3. The zero-order valence-electron chi connectivity index (χ0n) is 13.3. The van der Waals surface area contributed by atoms with Crippen LogP contribution < -0.4 is 10.1 Å². The van der Waals surface area contributed by atoms with E-state index in [0.29, 0.717) is 0 Å². The van der Waals surface area contributed by atoms with Gasteiger partial charge in [0.15, 0.2) is 0 Å². The Hall–Kier alpha value is -1.06. The molecule has 0 aliphatic carbocycles. The molecule has 1 aliphatic heterocycles. The molecular formula is C17H28N2O. The van der Waals surface area contributed by atoms with Crippen molar-refractivity contribution in [3.05, 3.63) is 29.8 Å². The van der Waals surface area contributed by atoms with E-state index < -0.39 is 0 Å². The Labute approximate surface area is 123 Å². The summed E-state index contributed by atoms with van der Waals surface area (Å²) < 4.78 is 5.44. The number of hydrogen-bond acceptors (Lipinski definition) is 3. The normalized spacial score (nSPS) is 20.3. The largest absolute Gasteiger partial charge is 0.496 e. The molecule has 2 rings (SSSR count). The van der Waals surface area contributed by atoms with Crippen LogP contribution in [0.25, 0.3) is 0 Å². The fourth-order valence-corrected chi connectivity index (χ4v) is 2.75. The maximum atomic E-state index is 5.44. The Morgan fingerprint density at radius 1 is 1.30 bits per heavy atom. The monoisotopic (exact) mass is 276 g/mol. The van der Waals surface area contributed by atoms with E-state index in [1.165, 1.54) is 25.1 Å². The second-order valence-electron chi connectivity index (χ2n) is 6.83. The van der Waals surface area contributed by atoms with Crippen molar-refractivity contribution in [3.8, 4) is 5.75 Å². The molecule has 1 aromatic rings. The number of likely N-dealkylation sites (tertiary alicyclic amines) is 1. The van der Waals surface area contributed by atoms with Crippen LogP contribution in [0.2, 0.25) is 0 Å². The van der Waals surface area contributed by atoms with E-state index in [1.54, 1.807) is 7.11 Å². The number of rotatable bonds is 5. The number of benzene rings is 1. The molecule has 0 radical (unpaired) electrons. The first-order chi connectivity index (χ1) is 9.48. The second-order valence-corrected chi connectivity index (χ2v) is 6.83. The molecule has 0 spiro atoms. The number of para-hydroxylation sites is 1. The zero-order valence-corrected chi connectivity index (χ0v) is 13.3. The van der Waals surface area contributed by atoms with Gasteiger partial charge in [0.1, 0.15) is 5.75 Å². The minimum Gasteiger partial charge on any atom is -0.496 e. The molecule has 0 bridgehead atoms. The second kappa shape index (κ2) is 6.59. The lowest BCUT2D eigenvalue weighted by molar-refractivity contribution is 0.299. The standard InChI is InChI=1S/C17H28N2O/c1-17(2,3)18-11-14-9-10-19(12-14)13-15-7-5-6-8-16(15)20-4/h5-8,14,18H,9-13H2,1-4H3. The molecule has 1 saturated heterocycles. The highest BCUT2D eigenvalue weighted by Crippen LogP contribution is 2.23. The van der Waals surface area contributed by atoms with Crippen molar-refractivity contribution in [3.63, 3.8) is 0 Å². The molecule has 0 aromatic heterocycles. The van der Waals surface area contributed by atoms with Crippen molar-refractivity contribution in [1.29, 1.82) is 0 Å². The summed E-state index contributed by atoms with van der Waals surface area (Å²) in [5.74, 6) is 1.77. The van der Waals surface area contributed by atoms with Gasteiger partial charge in [-0.05, 0) is 52.3 Å². The molecule has 112 valence electrons. The third kappa shape index (κ3) is 4.50. The van der Waals surface area contributed by atoms with Crippen LogP contribution in [-0.4, -0.2) is 37.2 Å². The van der Waals surface area contributed by atoms with Crippen LogP contribution in [0.5, 0.6) is 5.75 Å². The number of nitrogens with zero attached hydrogens (tertiary/aromatic N) is 1. The molecule has 0 saturated carbocycles. The first-order valence-electron chi connectivity index (χ1n) is 7.57. The average molecular weight is 276 g/mol. The predicted octanol–water partition coefficient (Wildman–Crippen LogP) is 2.91. The highest BCUT2D eigenvalue weighted by Gasteiger charge is 2.24. The van der Waals surface area contributed by atoms with Gasteiger partial charge in [-0.1, -0.05) is 18.2 Å². The summed E-state index contributed by atoms with van der Waals surface area (Å²) in [7, 11) is 1.75. The number of ether oxygens (including phenoxy) is 1. The summed E-state index contributed by atoms with van der Waals surface area (Å²) in [6.07, 6.45) is 1.29. The summed E-state index contributed by atoms with van der Waals surface area (Å²) in [6.45, 7) is 11.2. The van der Waals surface area contributed by atoms with E-state index in [1.807, 2.05) is 12.1 Å². The van der Waals surface area contributed by atoms with Gasteiger partial charge in [0.2, 0.25) is 0 Å². The topological polar surface area (TPSA) is 24.5 Å². The number of nitrogens with one attached hydrogen (secondary N) is 1. The van der Waals surface area contributed by atoms with Crippen molar-refractivity contribution >= 4 is 0 Å². The van der Waals surface area contributed by atoms with Gasteiger partial charge in [-0.2, -0.15) is 0 Å². The molecule has 1 aliphatic rings. The van der Waals surface area contributed by atoms with Crippen molar-refractivity contribution in [2.75, 3.05) is 26.7 Å². The highest BCUT2D eigenvalue weighted by molar-refractivity contribution is 5.33. The minimum absolute atomic E-state index is 0.218. The lowest BCUT2D eigenvalue weighted by Crippen LogP contribution is -2.39. The zero-order chi connectivity index (χ0) is 14.6. The third-order valence-corrected chi connectivity index (χ3v) is 3.88. The van der Waals surface area contributed by atoms with E-state index in [9.17, 15) is 0 Å². The van der Waals surface area contributed by atoms with E-state index in [0.717, 1.165) is 24.8 Å². The predicted molar refractivity (Wildman–Crippen MR) is 84.1 cm³/mol. The van der Waals surface area contributed by atoms with Gasteiger partial charge in [-0.3, -0.25) is 4.90 Å². The average Bonchev–Trinajstić information content (AvgIpc) is 2.84. The SMILES string of the molecule is COc1ccccc1CN1CCC(CNC(C)(C)C)C1. The molecule has 1 N–H and O–H groups in total. The Morgan fingerprint density at radius 2 is 2.05 bits per heavy atom. The molecule has 1 atom stereocenters. The molecule has 3 heteroatoms. The lowest BCUT2D eigenvalue weighted by atomic mass is 10.1. The van der Waals surface area contributed by atoms with Crippen LogP contribution in [0, 0.1) is 5.92 Å². The van der Waals surface area contributed by atoms with Gasteiger partial charge in [0, 0.05) is 24.2 Å². The summed E-state index contributed by atoms with van der Waals surface area (Å²) in [4.78, 5) is 2.53.